The van der Waals surface area contributed by atoms with Gasteiger partial charge >= 0.3 is 0 Å². The molecule has 0 unspecified atom stereocenters. The van der Waals surface area contributed by atoms with E-state index in [0.29, 0.717) is 0 Å². The summed E-state index contributed by atoms with van der Waals surface area (Å²) in [6.45, 7) is 0. The van der Waals surface area contributed by atoms with Gasteiger partial charge in [0.2, 0.25) is 0 Å². The van der Waals surface area contributed by atoms with Crippen LogP contribution in [0.1, 0.15) is 0 Å². The maximum atomic E-state index is 6.72. The van der Waals surface area contributed by atoms with Gasteiger partial charge in [-0.1, -0.05) is 114 Å². The van der Waals surface area contributed by atoms with Crippen LogP contribution in [0.2, 0.25) is 0 Å². The molecule has 0 fully saturated rings. The zero-order valence-electron chi connectivity index (χ0n) is 30.1. The first-order chi connectivity index (χ1) is 27.8. The summed E-state index contributed by atoms with van der Waals surface area (Å²) in [5.74, 6) is 0.867. The Morgan fingerprint density at radius 3 is 1.82 bits per heavy atom. The van der Waals surface area contributed by atoms with Crippen molar-refractivity contribution in [2.75, 3.05) is 0 Å². The molecule has 0 radical (unpaired) electrons. The molecule has 0 saturated heterocycles. The third kappa shape index (κ3) is 4.44. The molecule has 0 spiro atoms. The van der Waals surface area contributed by atoms with Gasteiger partial charge in [-0.05, 0) is 84.0 Å². The molecule has 4 aromatic heterocycles. The number of aromatic nitrogens is 5. The average Bonchev–Trinajstić information content (AvgIpc) is 4.04. The number of nitrogens with zero attached hydrogens (tertiary/aromatic N) is 5. The first kappa shape index (κ1) is 30.7. The second-order valence-electron chi connectivity index (χ2n) is 14.3. The van der Waals surface area contributed by atoms with Crippen molar-refractivity contribution in [1.82, 2.24) is 18.8 Å². The number of furan rings is 1. The number of hydrogen-bond donors (Lipinski definition) is 0. The fourth-order valence-electron chi connectivity index (χ4n) is 8.71. The molecule has 12 rings (SSSR count). The molecule has 0 aliphatic heterocycles. The van der Waals surface area contributed by atoms with Crippen molar-refractivity contribution >= 4 is 65.6 Å². The molecule has 12 aromatic rings. The van der Waals surface area contributed by atoms with E-state index in [1.165, 1.54) is 10.8 Å². The van der Waals surface area contributed by atoms with E-state index in [-0.39, 0.29) is 0 Å². The van der Waals surface area contributed by atoms with Gasteiger partial charge in [-0.3, -0.25) is 0 Å². The van der Waals surface area contributed by atoms with Gasteiger partial charge in [-0.2, -0.15) is 4.57 Å². The molecule has 0 aliphatic rings. The van der Waals surface area contributed by atoms with Gasteiger partial charge in [0.25, 0.3) is 12.2 Å². The number of benzene rings is 8. The molecule has 0 aliphatic carbocycles. The number of rotatable bonds is 5. The summed E-state index contributed by atoms with van der Waals surface area (Å²) in [7, 11) is 0. The summed E-state index contributed by atoms with van der Waals surface area (Å²) in [6, 6.07) is 66.4. The normalized spacial score (nSPS) is 11.9. The minimum Gasteiger partial charge on any atom is -0.454 e. The van der Waals surface area contributed by atoms with Crippen LogP contribution in [0.25, 0.3) is 99.7 Å². The van der Waals surface area contributed by atoms with Crippen molar-refractivity contribution in [1.29, 1.82) is 0 Å². The molecule has 56 heavy (non-hydrogen) atoms. The van der Waals surface area contributed by atoms with E-state index in [4.69, 9.17) is 9.52 Å². The van der Waals surface area contributed by atoms with E-state index in [9.17, 15) is 0 Å². The van der Waals surface area contributed by atoms with Crippen molar-refractivity contribution in [3.63, 3.8) is 0 Å². The van der Waals surface area contributed by atoms with E-state index in [2.05, 4.69) is 178 Å². The fraction of sp³-hybridized carbons (Fsp3) is 0. The van der Waals surface area contributed by atoms with Gasteiger partial charge in [-0.15, -0.1) is 0 Å². The molecule has 0 atom stereocenters. The van der Waals surface area contributed by atoms with E-state index >= 15 is 0 Å². The van der Waals surface area contributed by atoms with Crippen LogP contribution in [0.4, 0.5) is 0 Å². The minimum absolute atomic E-state index is 0.867. The van der Waals surface area contributed by atoms with Crippen LogP contribution in [0.3, 0.4) is 0 Å². The molecule has 0 N–H and O–H groups in total. The Bertz CT molecular complexity index is 3480. The van der Waals surface area contributed by atoms with Gasteiger partial charge in [0, 0.05) is 37.9 Å². The highest BCUT2D eigenvalue weighted by Crippen LogP contribution is 2.42. The summed E-state index contributed by atoms with van der Waals surface area (Å²) in [6.07, 6.45) is 2.08. The first-order valence-electron chi connectivity index (χ1n) is 18.9. The van der Waals surface area contributed by atoms with Crippen LogP contribution in [-0.2, 0) is 0 Å². The van der Waals surface area contributed by atoms with Gasteiger partial charge in [0.05, 0.1) is 33.4 Å². The third-order valence-corrected chi connectivity index (χ3v) is 11.2. The zero-order chi connectivity index (χ0) is 36.7. The predicted octanol–water partition coefficient (Wildman–Crippen LogP) is 11.9. The van der Waals surface area contributed by atoms with Crippen LogP contribution in [0, 0.1) is 0 Å². The molecule has 4 heterocycles. The van der Waals surface area contributed by atoms with Crippen LogP contribution in [0.15, 0.2) is 199 Å². The SMILES string of the molecule is c1ccc(-c2n[n+](-c3ccccc3)cn2-c2ccc3c(c2)c2ccccc2n3-c2ccccc2-n2c3ccccc3c3ccc4c5ccccc5oc4c32)cc1. The van der Waals surface area contributed by atoms with E-state index in [1.807, 2.05) is 35.0 Å². The molecule has 0 amide bonds. The lowest BCUT2D eigenvalue weighted by molar-refractivity contribution is -0.656. The minimum atomic E-state index is 0.867. The zero-order valence-corrected chi connectivity index (χ0v) is 30.1. The summed E-state index contributed by atoms with van der Waals surface area (Å²) in [4.78, 5) is 0. The summed E-state index contributed by atoms with van der Waals surface area (Å²) in [5.41, 5.74) is 11.5. The summed E-state index contributed by atoms with van der Waals surface area (Å²) < 4.78 is 15.7. The molecule has 0 saturated carbocycles. The van der Waals surface area contributed by atoms with E-state index < -0.39 is 0 Å². The Balaban J connectivity index is 1.12. The Kier molecular flexibility index (Phi) is 6.53. The van der Waals surface area contributed by atoms with Gasteiger partial charge in [0.15, 0.2) is 11.3 Å². The Morgan fingerprint density at radius 2 is 1.04 bits per heavy atom. The topological polar surface area (TPSA) is 44.7 Å². The van der Waals surface area contributed by atoms with Crippen molar-refractivity contribution in [2.24, 2.45) is 0 Å². The fourth-order valence-corrected chi connectivity index (χ4v) is 8.71. The second-order valence-corrected chi connectivity index (χ2v) is 14.3. The smallest absolute Gasteiger partial charge is 0.277 e. The van der Waals surface area contributed by atoms with Crippen molar-refractivity contribution in [2.45, 2.75) is 0 Å². The maximum Gasteiger partial charge on any atom is 0.277 e. The number of para-hydroxylation sites is 6. The Labute approximate surface area is 320 Å². The highest BCUT2D eigenvalue weighted by molar-refractivity contribution is 6.21. The number of hydrogen-bond acceptors (Lipinski definition) is 2. The summed E-state index contributed by atoms with van der Waals surface area (Å²) >= 11 is 0. The molecule has 262 valence electrons. The van der Waals surface area contributed by atoms with Crippen molar-refractivity contribution in [3.05, 3.63) is 194 Å². The summed E-state index contributed by atoms with van der Waals surface area (Å²) in [5, 5.41) is 12.0. The van der Waals surface area contributed by atoms with Crippen LogP contribution >= 0.6 is 0 Å². The molecule has 8 aromatic carbocycles. The van der Waals surface area contributed by atoms with E-state index in [0.717, 1.165) is 88.9 Å². The van der Waals surface area contributed by atoms with Gasteiger partial charge in [-0.25, -0.2) is 0 Å². The second kappa shape index (κ2) is 11.9. The average molecular weight is 719 g/mol. The lowest BCUT2D eigenvalue weighted by Gasteiger charge is -2.16. The van der Waals surface area contributed by atoms with E-state index in [1.54, 1.807) is 0 Å². The van der Waals surface area contributed by atoms with Crippen LogP contribution < -0.4 is 4.68 Å². The lowest BCUT2D eigenvalue weighted by atomic mass is 10.1. The first-order valence-corrected chi connectivity index (χ1v) is 18.9. The van der Waals surface area contributed by atoms with Crippen molar-refractivity contribution < 1.29 is 9.10 Å². The van der Waals surface area contributed by atoms with Crippen LogP contribution in [-0.4, -0.2) is 18.8 Å². The predicted molar refractivity (Wildman–Crippen MR) is 226 cm³/mol. The molecular formula is C50H32N5O+. The standard InChI is InChI=1S/C50H32N5O/c1-3-15-33(16-4-1)50-51-53(34-17-5-2-6-18-34)32-52(50)35-27-30-44-41(31-35)37-20-8-10-22-42(37)54(44)45-24-12-13-25-46(45)55-43-23-11-7-19-36(43)39-28-29-40-38-21-9-14-26-47(38)56-49(40)48(39)55/h1-32H/q+1. The third-order valence-electron chi connectivity index (χ3n) is 11.2. The van der Waals surface area contributed by atoms with Crippen molar-refractivity contribution in [3.8, 4) is 34.1 Å². The Morgan fingerprint density at radius 1 is 0.446 bits per heavy atom. The molecule has 0 bridgehead atoms. The number of fused-ring (bicyclic) bond motifs is 10. The highest BCUT2D eigenvalue weighted by Gasteiger charge is 2.25. The largest absolute Gasteiger partial charge is 0.454 e. The highest BCUT2D eigenvalue weighted by atomic mass is 16.3. The molecule has 6 nitrogen and oxygen atoms in total. The van der Waals surface area contributed by atoms with Gasteiger partial charge < -0.3 is 13.6 Å². The molecule has 6 heteroatoms. The quantitative estimate of drug-likeness (QED) is 0.166. The monoisotopic (exact) mass is 718 g/mol. The van der Waals surface area contributed by atoms with Gasteiger partial charge in [0.1, 0.15) is 11.3 Å². The Hall–Kier alpha value is -7.70. The van der Waals surface area contributed by atoms with Crippen LogP contribution in [0.5, 0.6) is 0 Å². The lowest BCUT2D eigenvalue weighted by Crippen LogP contribution is -2.31. The molecular weight excluding hydrogens is 687 g/mol. The maximum absolute atomic E-state index is 6.72.